The minimum absolute atomic E-state index is 0.0260. The van der Waals surface area contributed by atoms with E-state index in [4.69, 9.17) is 9.84 Å². The van der Waals surface area contributed by atoms with Crippen LogP contribution in [-0.4, -0.2) is 40.3 Å². The number of hydrogen-bond acceptors (Lipinski definition) is 3. The van der Waals surface area contributed by atoms with E-state index < -0.39 is 11.6 Å². The number of nitrogens with zero attached hydrogens (tertiary/aromatic N) is 1. The number of carboxylic acid groups (broad SMARTS) is 1. The number of carbonyl (C=O) groups excluding carboxylic acids is 1. The number of piperidine rings is 1. The molecule has 0 aromatic heterocycles. The highest BCUT2D eigenvalue weighted by molar-refractivity contribution is 5.72. The minimum Gasteiger partial charge on any atom is -0.481 e. The third-order valence-corrected chi connectivity index (χ3v) is 3.56. The molecule has 0 radical (unpaired) electrons. The summed E-state index contributed by atoms with van der Waals surface area (Å²) in [5, 5.41) is 8.78. The molecule has 2 aliphatic heterocycles. The van der Waals surface area contributed by atoms with Crippen LogP contribution in [0, 0.1) is 5.92 Å². The van der Waals surface area contributed by atoms with Crippen molar-refractivity contribution >= 4 is 12.1 Å². The van der Waals surface area contributed by atoms with Crippen LogP contribution in [0.3, 0.4) is 0 Å². The maximum atomic E-state index is 11.5. The first-order valence-electron chi connectivity index (χ1n) is 5.61. The Hall–Kier alpha value is -1.26. The second kappa shape index (κ2) is 3.64. The molecule has 90 valence electrons. The quantitative estimate of drug-likeness (QED) is 0.775. The summed E-state index contributed by atoms with van der Waals surface area (Å²) in [5.74, 6) is -0.603. The zero-order chi connectivity index (χ0) is 11.9. The van der Waals surface area contributed by atoms with Crippen LogP contribution in [0.25, 0.3) is 0 Å². The highest BCUT2D eigenvalue weighted by atomic mass is 16.6. The second-order valence-electron chi connectivity index (χ2n) is 5.17. The SMILES string of the molecule is CC1(C)OC(=O)N2CC[C@H](CC(=O)O)C[C@@H]21. The van der Waals surface area contributed by atoms with Gasteiger partial charge in [-0.05, 0) is 32.6 Å². The van der Waals surface area contributed by atoms with Gasteiger partial charge in [0.15, 0.2) is 0 Å². The Kier molecular flexibility index (Phi) is 2.56. The summed E-state index contributed by atoms with van der Waals surface area (Å²) in [6.07, 6.45) is 1.41. The second-order valence-corrected chi connectivity index (χ2v) is 5.17. The molecule has 2 aliphatic rings. The van der Waals surface area contributed by atoms with Crippen molar-refractivity contribution in [1.29, 1.82) is 0 Å². The summed E-state index contributed by atoms with van der Waals surface area (Å²) < 4.78 is 5.29. The van der Waals surface area contributed by atoms with Crippen LogP contribution in [0.5, 0.6) is 0 Å². The molecule has 1 N–H and O–H groups in total. The van der Waals surface area contributed by atoms with Gasteiger partial charge >= 0.3 is 12.1 Å². The number of carbonyl (C=O) groups is 2. The van der Waals surface area contributed by atoms with Gasteiger partial charge in [0.05, 0.1) is 6.04 Å². The van der Waals surface area contributed by atoms with Crippen molar-refractivity contribution in [3.8, 4) is 0 Å². The molecular weight excluding hydrogens is 210 g/mol. The van der Waals surface area contributed by atoms with Gasteiger partial charge in [-0.15, -0.1) is 0 Å². The van der Waals surface area contributed by atoms with Crippen LogP contribution in [-0.2, 0) is 9.53 Å². The van der Waals surface area contributed by atoms with E-state index in [1.807, 2.05) is 13.8 Å². The van der Waals surface area contributed by atoms with Gasteiger partial charge in [-0.3, -0.25) is 4.79 Å². The van der Waals surface area contributed by atoms with E-state index in [1.54, 1.807) is 4.90 Å². The Morgan fingerprint density at radius 3 is 2.94 bits per heavy atom. The Morgan fingerprint density at radius 1 is 1.62 bits per heavy atom. The van der Waals surface area contributed by atoms with E-state index in [0.717, 1.165) is 12.8 Å². The number of ether oxygens (including phenoxy) is 1. The summed E-state index contributed by atoms with van der Waals surface area (Å²) in [4.78, 5) is 23.9. The first-order valence-corrected chi connectivity index (χ1v) is 5.61. The molecule has 16 heavy (non-hydrogen) atoms. The molecule has 5 heteroatoms. The van der Waals surface area contributed by atoms with Gasteiger partial charge in [0.1, 0.15) is 5.60 Å². The van der Waals surface area contributed by atoms with Gasteiger partial charge in [0.25, 0.3) is 0 Å². The third kappa shape index (κ3) is 1.86. The first kappa shape index (κ1) is 11.2. The standard InChI is InChI=1S/C11H17NO4/c1-11(2)8-5-7(6-9(13)14)3-4-12(8)10(15)16-11/h7-8H,3-6H2,1-2H3,(H,13,14)/t7-,8+/m0/s1. The number of cyclic esters (lactones) is 1. The highest BCUT2D eigenvalue weighted by Crippen LogP contribution is 2.38. The van der Waals surface area contributed by atoms with E-state index >= 15 is 0 Å². The molecule has 0 bridgehead atoms. The molecule has 0 unspecified atom stereocenters. The van der Waals surface area contributed by atoms with Gasteiger partial charge < -0.3 is 14.7 Å². The van der Waals surface area contributed by atoms with Gasteiger partial charge in [0, 0.05) is 13.0 Å². The molecule has 0 aromatic rings. The molecule has 2 rings (SSSR count). The maximum absolute atomic E-state index is 11.5. The van der Waals surface area contributed by atoms with Crippen molar-refractivity contribution in [2.45, 2.75) is 44.8 Å². The normalized spacial score (nSPS) is 32.1. The molecule has 1 amide bonds. The van der Waals surface area contributed by atoms with Crippen LogP contribution < -0.4 is 0 Å². The summed E-state index contributed by atoms with van der Waals surface area (Å²) >= 11 is 0. The molecule has 0 aromatic carbocycles. The first-order chi connectivity index (χ1) is 7.40. The van der Waals surface area contributed by atoms with Gasteiger partial charge in [-0.2, -0.15) is 0 Å². The number of amides is 1. The predicted molar refractivity (Wildman–Crippen MR) is 56.0 cm³/mol. The van der Waals surface area contributed by atoms with Gasteiger partial charge in [-0.1, -0.05) is 0 Å². The van der Waals surface area contributed by atoms with Crippen molar-refractivity contribution in [2.24, 2.45) is 5.92 Å². The summed E-state index contributed by atoms with van der Waals surface area (Å²) in [5.41, 5.74) is -0.492. The molecule has 2 fully saturated rings. The molecule has 0 aliphatic carbocycles. The van der Waals surface area contributed by atoms with Crippen molar-refractivity contribution < 1.29 is 19.4 Å². The van der Waals surface area contributed by atoms with Crippen molar-refractivity contribution in [3.63, 3.8) is 0 Å². The molecule has 2 heterocycles. The summed E-state index contributed by atoms with van der Waals surface area (Å²) in [6, 6.07) is 0.0260. The van der Waals surface area contributed by atoms with Gasteiger partial charge in [0.2, 0.25) is 0 Å². The smallest absolute Gasteiger partial charge is 0.410 e. The Labute approximate surface area is 94.4 Å². The third-order valence-electron chi connectivity index (χ3n) is 3.56. The molecular formula is C11H17NO4. The maximum Gasteiger partial charge on any atom is 0.410 e. The van der Waals surface area contributed by atoms with Crippen molar-refractivity contribution in [3.05, 3.63) is 0 Å². The predicted octanol–water partition coefficient (Wildman–Crippen LogP) is 1.47. The van der Waals surface area contributed by atoms with E-state index in [2.05, 4.69) is 0 Å². The molecule has 5 nitrogen and oxygen atoms in total. The van der Waals surface area contributed by atoms with Crippen LogP contribution in [0.4, 0.5) is 4.79 Å². The fourth-order valence-corrected chi connectivity index (χ4v) is 2.70. The average molecular weight is 227 g/mol. The van der Waals surface area contributed by atoms with Gasteiger partial charge in [-0.25, -0.2) is 4.79 Å². The zero-order valence-electron chi connectivity index (χ0n) is 9.60. The van der Waals surface area contributed by atoms with E-state index in [1.165, 1.54) is 0 Å². The van der Waals surface area contributed by atoms with Crippen LogP contribution in [0.2, 0.25) is 0 Å². The number of fused-ring (bicyclic) bond motifs is 1. The van der Waals surface area contributed by atoms with E-state index in [-0.39, 0.29) is 24.5 Å². The average Bonchev–Trinajstić information content (AvgIpc) is 2.36. The molecule has 0 saturated carbocycles. The lowest BCUT2D eigenvalue weighted by Gasteiger charge is -2.36. The number of carboxylic acids is 1. The lowest BCUT2D eigenvalue weighted by molar-refractivity contribution is -0.138. The van der Waals surface area contributed by atoms with Crippen molar-refractivity contribution in [2.75, 3.05) is 6.54 Å². The number of hydrogen-bond donors (Lipinski definition) is 1. The highest BCUT2D eigenvalue weighted by Gasteiger charge is 2.50. The summed E-state index contributed by atoms with van der Waals surface area (Å²) in [6.45, 7) is 4.39. The van der Waals surface area contributed by atoms with Crippen LogP contribution >= 0.6 is 0 Å². The Balaban J connectivity index is 2.07. The van der Waals surface area contributed by atoms with Crippen molar-refractivity contribution in [1.82, 2.24) is 4.90 Å². The zero-order valence-corrected chi connectivity index (χ0v) is 9.60. The summed E-state index contributed by atoms with van der Waals surface area (Å²) in [7, 11) is 0. The molecule has 0 spiro atoms. The number of rotatable bonds is 2. The van der Waals surface area contributed by atoms with Crippen LogP contribution in [0.1, 0.15) is 33.1 Å². The van der Waals surface area contributed by atoms with Crippen LogP contribution in [0.15, 0.2) is 0 Å². The van der Waals surface area contributed by atoms with E-state index in [9.17, 15) is 9.59 Å². The lowest BCUT2D eigenvalue weighted by Crippen LogP contribution is -2.47. The minimum atomic E-state index is -0.763. The Morgan fingerprint density at radius 2 is 2.31 bits per heavy atom. The topological polar surface area (TPSA) is 66.8 Å². The lowest BCUT2D eigenvalue weighted by atomic mass is 9.83. The molecule has 2 saturated heterocycles. The monoisotopic (exact) mass is 227 g/mol. The molecule has 2 atom stereocenters. The van der Waals surface area contributed by atoms with E-state index in [0.29, 0.717) is 6.54 Å². The Bertz CT molecular complexity index is 326. The largest absolute Gasteiger partial charge is 0.481 e. The number of aliphatic carboxylic acids is 1. The fraction of sp³-hybridized carbons (Fsp3) is 0.818. The fourth-order valence-electron chi connectivity index (χ4n) is 2.70.